The fourth-order valence-corrected chi connectivity index (χ4v) is 3.82. The third-order valence-corrected chi connectivity index (χ3v) is 5.73. The molecule has 0 saturated carbocycles. The Hall–Kier alpha value is -5.50. The van der Waals surface area contributed by atoms with Crippen molar-refractivity contribution in [2.75, 3.05) is 0 Å². The van der Waals surface area contributed by atoms with Crippen LogP contribution in [0.2, 0.25) is 0 Å². The van der Waals surface area contributed by atoms with Gasteiger partial charge in [-0.25, -0.2) is 0 Å². The van der Waals surface area contributed by atoms with E-state index in [-0.39, 0.29) is 33.9 Å². The summed E-state index contributed by atoms with van der Waals surface area (Å²) in [6.45, 7) is 0. The Bertz CT molecular complexity index is 1740. The highest BCUT2D eigenvalue weighted by molar-refractivity contribution is 5.81. The number of fused-ring (bicyclic) bond motifs is 2. The molecule has 0 aliphatic rings. The molecule has 2 heterocycles. The molecule has 8 nitrogen and oxygen atoms in total. The highest BCUT2D eigenvalue weighted by Gasteiger charge is 2.09. The van der Waals surface area contributed by atoms with Gasteiger partial charge in [0.2, 0.25) is 0 Å². The molecule has 0 fully saturated rings. The lowest BCUT2D eigenvalue weighted by molar-refractivity contribution is 0.473. The molecule has 6 aromatic rings. The molecule has 0 atom stereocenters. The van der Waals surface area contributed by atoms with E-state index in [4.69, 9.17) is 8.83 Å². The minimum absolute atomic E-state index is 0.0403. The quantitative estimate of drug-likeness (QED) is 0.232. The van der Waals surface area contributed by atoms with E-state index in [1.807, 2.05) is 0 Å². The first-order chi connectivity index (χ1) is 18.3. The molecular weight excluding hydrogens is 488 g/mol. The highest BCUT2D eigenvalue weighted by Crippen LogP contribution is 2.27. The van der Waals surface area contributed by atoms with Gasteiger partial charge in [-0.05, 0) is 72.8 Å². The first-order valence-corrected chi connectivity index (χ1v) is 11.4. The van der Waals surface area contributed by atoms with Crippen molar-refractivity contribution in [1.82, 2.24) is 0 Å². The second kappa shape index (κ2) is 9.87. The monoisotopic (exact) mass is 508 g/mol. The van der Waals surface area contributed by atoms with Crippen LogP contribution >= 0.6 is 0 Å². The van der Waals surface area contributed by atoms with Gasteiger partial charge in [0, 0.05) is 35.4 Å². The molecule has 38 heavy (non-hydrogen) atoms. The standard InChI is InChI=1S/2C15H10O4/c2*16-10-3-1-9(2-4-10)14-8-13(18)12-6-5-11(17)7-15(12)19-14/h2*1-8,16-17H. The summed E-state index contributed by atoms with van der Waals surface area (Å²) in [5.41, 5.74) is 1.67. The maximum absolute atomic E-state index is 12.0. The van der Waals surface area contributed by atoms with Crippen molar-refractivity contribution in [2.45, 2.75) is 0 Å². The molecule has 6 rings (SSSR count). The van der Waals surface area contributed by atoms with Crippen molar-refractivity contribution in [2.24, 2.45) is 0 Å². The summed E-state index contributed by atoms with van der Waals surface area (Å²) in [7, 11) is 0. The van der Waals surface area contributed by atoms with Crippen LogP contribution in [0.15, 0.2) is 115 Å². The van der Waals surface area contributed by atoms with Gasteiger partial charge in [-0.15, -0.1) is 0 Å². The minimum atomic E-state index is -0.177. The average molecular weight is 508 g/mol. The third kappa shape index (κ3) is 5.05. The summed E-state index contributed by atoms with van der Waals surface area (Å²) < 4.78 is 11.2. The molecule has 0 bridgehead atoms. The van der Waals surface area contributed by atoms with Crippen LogP contribution in [0.4, 0.5) is 0 Å². The molecular formula is C30H20O8. The summed E-state index contributed by atoms with van der Waals surface area (Å²) in [5.74, 6) is 1.15. The molecule has 2 aromatic heterocycles. The minimum Gasteiger partial charge on any atom is -0.508 e. The van der Waals surface area contributed by atoms with Crippen molar-refractivity contribution < 1.29 is 29.3 Å². The first-order valence-electron chi connectivity index (χ1n) is 11.4. The zero-order chi connectivity index (χ0) is 26.8. The molecule has 0 spiro atoms. The van der Waals surface area contributed by atoms with Crippen LogP contribution in [0, 0.1) is 0 Å². The van der Waals surface area contributed by atoms with Crippen LogP contribution in [0.1, 0.15) is 0 Å². The van der Waals surface area contributed by atoms with E-state index in [9.17, 15) is 30.0 Å². The number of rotatable bonds is 2. The number of benzene rings is 4. The molecule has 0 amide bonds. The second-order valence-electron chi connectivity index (χ2n) is 8.40. The average Bonchev–Trinajstić information content (AvgIpc) is 2.89. The van der Waals surface area contributed by atoms with Crippen molar-refractivity contribution in [3.63, 3.8) is 0 Å². The number of hydrogen-bond acceptors (Lipinski definition) is 8. The first kappa shape index (κ1) is 24.2. The Labute approximate surface area is 214 Å². The maximum Gasteiger partial charge on any atom is 0.193 e. The van der Waals surface area contributed by atoms with Gasteiger partial charge >= 0.3 is 0 Å². The summed E-state index contributed by atoms with van der Waals surface area (Å²) in [6, 6.07) is 24.2. The largest absolute Gasteiger partial charge is 0.508 e. The van der Waals surface area contributed by atoms with E-state index >= 15 is 0 Å². The molecule has 8 heteroatoms. The summed E-state index contributed by atoms with van der Waals surface area (Å²) >= 11 is 0. The van der Waals surface area contributed by atoms with Crippen LogP contribution in [-0.2, 0) is 0 Å². The molecule has 188 valence electrons. The lowest BCUT2D eigenvalue weighted by Gasteiger charge is -2.03. The van der Waals surface area contributed by atoms with Crippen LogP contribution in [0.25, 0.3) is 44.6 Å². The molecule has 0 saturated heterocycles. The Morgan fingerprint density at radius 3 is 1.13 bits per heavy atom. The Kier molecular flexibility index (Phi) is 6.28. The summed E-state index contributed by atoms with van der Waals surface area (Å²) in [4.78, 5) is 23.9. The number of phenolic OH excluding ortho intramolecular Hbond substituents is 4. The predicted octanol–water partition coefficient (Wildman–Crippen LogP) is 5.74. The van der Waals surface area contributed by atoms with Gasteiger partial charge in [-0.3, -0.25) is 9.59 Å². The lowest BCUT2D eigenvalue weighted by atomic mass is 10.1. The van der Waals surface area contributed by atoms with Crippen molar-refractivity contribution in [3.8, 4) is 45.6 Å². The Balaban J connectivity index is 0.000000155. The van der Waals surface area contributed by atoms with E-state index in [0.29, 0.717) is 44.6 Å². The van der Waals surface area contributed by atoms with Gasteiger partial charge in [0.1, 0.15) is 45.7 Å². The maximum atomic E-state index is 12.0. The second-order valence-corrected chi connectivity index (χ2v) is 8.40. The van der Waals surface area contributed by atoms with E-state index < -0.39 is 0 Å². The topological polar surface area (TPSA) is 141 Å². The van der Waals surface area contributed by atoms with Gasteiger partial charge in [-0.1, -0.05) is 0 Å². The highest BCUT2D eigenvalue weighted by atomic mass is 16.3. The Morgan fingerprint density at radius 1 is 0.421 bits per heavy atom. The fourth-order valence-electron chi connectivity index (χ4n) is 3.82. The lowest BCUT2D eigenvalue weighted by Crippen LogP contribution is -1.99. The third-order valence-electron chi connectivity index (χ3n) is 5.73. The Morgan fingerprint density at radius 2 is 0.763 bits per heavy atom. The van der Waals surface area contributed by atoms with E-state index in [2.05, 4.69) is 0 Å². The summed E-state index contributed by atoms with van der Waals surface area (Å²) in [5, 5.41) is 38.2. The van der Waals surface area contributed by atoms with Crippen molar-refractivity contribution >= 4 is 21.9 Å². The predicted molar refractivity (Wildman–Crippen MR) is 142 cm³/mol. The molecule has 4 N–H and O–H groups in total. The number of phenols is 4. The molecule has 0 aliphatic carbocycles. The summed E-state index contributed by atoms with van der Waals surface area (Å²) in [6.07, 6.45) is 0. The van der Waals surface area contributed by atoms with Gasteiger partial charge in [-0.2, -0.15) is 0 Å². The van der Waals surface area contributed by atoms with Gasteiger partial charge < -0.3 is 29.3 Å². The van der Waals surface area contributed by atoms with Gasteiger partial charge in [0.15, 0.2) is 10.9 Å². The van der Waals surface area contributed by atoms with Gasteiger partial charge in [0.25, 0.3) is 0 Å². The fraction of sp³-hybridized carbons (Fsp3) is 0. The van der Waals surface area contributed by atoms with Crippen LogP contribution in [-0.4, -0.2) is 20.4 Å². The van der Waals surface area contributed by atoms with Crippen LogP contribution in [0.5, 0.6) is 23.0 Å². The zero-order valence-electron chi connectivity index (χ0n) is 19.7. The SMILES string of the molecule is O=c1cc(-c2ccc(O)cc2)oc2cc(O)ccc12.O=c1cc(-c2ccc(O)cc2)oc2cc(O)ccc12. The van der Waals surface area contributed by atoms with Crippen molar-refractivity contribution in [1.29, 1.82) is 0 Å². The normalized spacial score (nSPS) is 10.7. The van der Waals surface area contributed by atoms with Crippen molar-refractivity contribution in [3.05, 3.63) is 118 Å². The smallest absolute Gasteiger partial charge is 0.193 e. The number of aromatic hydroxyl groups is 4. The molecule has 0 unspecified atom stereocenters. The van der Waals surface area contributed by atoms with Crippen LogP contribution in [0.3, 0.4) is 0 Å². The van der Waals surface area contributed by atoms with E-state index in [0.717, 1.165) is 0 Å². The van der Waals surface area contributed by atoms with E-state index in [1.165, 1.54) is 72.8 Å². The van der Waals surface area contributed by atoms with Crippen LogP contribution < -0.4 is 10.9 Å². The number of hydrogen-bond donors (Lipinski definition) is 4. The molecule has 0 aliphatic heterocycles. The zero-order valence-corrected chi connectivity index (χ0v) is 19.7. The molecule has 4 aromatic carbocycles. The molecule has 0 radical (unpaired) electrons. The van der Waals surface area contributed by atoms with E-state index in [1.54, 1.807) is 24.3 Å². The van der Waals surface area contributed by atoms with Gasteiger partial charge in [0.05, 0.1) is 10.8 Å².